The zero-order valence-electron chi connectivity index (χ0n) is 13.8. The largest absolute Gasteiger partial charge is 0.358 e. The van der Waals surface area contributed by atoms with Crippen LogP contribution < -0.4 is 15.5 Å². The molecule has 5 nitrogen and oxygen atoms in total. The fraction of sp³-hybridized carbons (Fsp3) is 0.556. The lowest BCUT2D eigenvalue weighted by Gasteiger charge is -2.29. The Morgan fingerprint density at radius 2 is 2.08 bits per heavy atom. The van der Waals surface area contributed by atoms with E-state index in [1.807, 2.05) is 6.07 Å². The van der Waals surface area contributed by atoms with Crippen molar-refractivity contribution in [3.63, 3.8) is 0 Å². The number of carbonyl (C=O) groups excluding carboxylic acids is 2. The van der Waals surface area contributed by atoms with E-state index in [4.69, 9.17) is 0 Å². The first-order chi connectivity index (χ1) is 11.6. The van der Waals surface area contributed by atoms with E-state index in [2.05, 4.69) is 10.6 Å². The van der Waals surface area contributed by atoms with E-state index in [-0.39, 0.29) is 30.1 Å². The zero-order valence-corrected chi connectivity index (χ0v) is 13.8. The minimum absolute atomic E-state index is 0.0758. The summed E-state index contributed by atoms with van der Waals surface area (Å²) in [5.74, 6) is -0.264. The van der Waals surface area contributed by atoms with Crippen LogP contribution in [0.25, 0.3) is 0 Å². The number of piperazine rings is 1. The minimum atomic E-state index is -0.353. The van der Waals surface area contributed by atoms with Crippen LogP contribution in [0.15, 0.2) is 18.2 Å². The van der Waals surface area contributed by atoms with Crippen LogP contribution in [0.1, 0.15) is 37.7 Å². The van der Waals surface area contributed by atoms with Crippen molar-refractivity contribution < 1.29 is 14.0 Å². The fourth-order valence-electron chi connectivity index (χ4n) is 3.46. The summed E-state index contributed by atoms with van der Waals surface area (Å²) in [7, 11) is 0. The summed E-state index contributed by atoms with van der Waals surface area (Å²) in [6.45, 7) is 1.64. The molecule has 1 heterocycles. The first-order valence-electron chi connectivity index (χ1n) is 8.71. The number of amides is 2. The van der Waals surface area contributed by atoms with Crippen LogP contribution in [0.2, 0.25) is 0 Å². The average Bonchev–Trinajstić information content (AvgIpc) is 2.60. The van der Waals surface area contributed by atoms with Gasteiger partial charge in [-0.2, -0.15) is 0 Å². The molecule has 1 aliphatic heterocycles. The van der Waals surface area contributed by atoms with Gasteiger partial charge in [0.1, 0.15) is 5.82 Å². The van der Waals surface area contributed by atoms with Crippen molar-refractivity contribution in [3.8, 4) is 0 Å². The van der Waals surface area contributed by atoms with Gasteiger partial charge in [0.15, 0.2) is 0 Å². The lowest BCUT2D eigenvalue weighted by Crippen LogP contribution is -2.48. The van der Waals surface area contributed by atoms with E-state index in [1.165, 1.54) is 12.5 Å². The average molecular weight is 333 g/mol. The molecule has 0 spiro atoms. The Morgan fingerprint density at radius 3 is 2.79 bits per heavy atom. The van der Waals surface area contributed by atoms with Gasteiger partial charge in [0.05, 0.1) is 12.2 Å². The Kier molecular flexibility index (Phi) is 5.33. The Balaban J connectivity index is 1.58. The van der Waals surface area contributed by atoms with Gasteiger partial charge in [-0.1, -0.05) is 25.3 Å². The summed E-state index contributed by atoms with van der Waals surface area (Å²) in [5, 5.41) is 5.64. The van der Waals surface area contributed by atoms with Crippen molar-refractivity contribution in [1.29, 1.82) is 0 Å². The number of halogens is 1. The third-order valence-corrected chi connectivity index (χ3v) is 4.83. The number of nitrogens with one attached hydrogen (secondary N) is 2. The summed E-state index contributed by atoms with van der Waals surface area (Å²) < 4.78 is 14.4. The molecule has 1 saturated carbocycles. The molecular formula is C18H24FN3O2. The molecular weight excluding hydrogens is 309 g/mol. The number of benzene rings is 1. The van der Waals surface area contributed by atoms with Gasteiger partial charge in [-0.05, 0) is 30.5 Å². The zero-order chi connectivity index (χ0) is 16.9. The van der Waals surface area contributed by atoms with Crippen molar-refractivity contribution in [1.82, 2.24) is 10.6 Å². The highest BCUT2D eigenvalue weighted by Crippen LogP contribution is 2.24. The van der Waals surface area contributed by atoms with Crippen molar-refractivity contribution in [3.05, 3.63) is 29.6 Å². The minimum Gasteiger partial charge on any atom is -0.358 e. The molecule has 1 aromatic rings. The van der Waals surface area contributed by atoms with E-state index in [0.717, 1.165) is 31.2 Å². The molecule has 0 unspecified atom stereocenters. The number of hydrogen-bond donors (Lipinski definition) is 2. The summed E-state index contributed by atoms with van der Waals surface area (Å²) in [5.41, 5.74) is 1.18. The van der Waals surface area contributed by atoms with Gasteiger partial charge < -0.3 is 15.5 Å². The van der Waals surface area contributed by atoms with Crippen LogP contribution in [-0.4, -0.2) is 31.4 Å². The highest BCUT2D eigenvalue weighted by Gasteiger charge is 2.21. The second-order valence-electron chi connectivity index (χ2n) is 6.61. The summed E-state index contributed by atoms with van der Waals surface area (Å²) in [4.78, 5) is 25.3. The van der Waals surface area contributed by atoms with Gasteiger partial charge in [-0.15, -0.1) is 0 Å². The van der Waals surface area contributed by atoms with Crippen LogP contribution in [-0.2, 0) is 16.1 Å². The Morgan fingerprint density at radius 1 is 1.29 bits per heavy atom. The molecule has 1 aliphatic carbocycles. The first-order valence-corrected chi connectivity index (χ1v) is 8.71. The number of anilines is 1. The van der Waals surface area contributed by atoms with E-state index in [1.54, 1.807) is 11.0 Å². The lowest BCUT2D eigenvalue weighted by atomic mass is 9.88. The number of rotatable bonds is 4. The van der Waals surface area contributed by atoms with Crippen molar-refractivity contribution in [2.45, 2.75) is 38.6 Å². The Hall–Kier alpha value is -2.11. The molecule has 3 rings (SSSR count). The summed E-state index contributed by atoms with van der Waals surface area (Å²) in [6.07, 6.45) is 5.35. The molecule has 1 saturated heterocycles. The highest BCUT2D eigenvalue weighted by atomic mass is 19.1. The maximum atomic E-state index is 14.4. The van der Waals surface area contributed by atoms with Gasteiger partial charge in [0.2, 0.25) is 11.8 Å². The van der Waals surface area contributed by atoms with Crippen LogP contribution in [0.5, 0.6) is 0 Å². The normalized spacial score (nSPS) is 19.0. The van der Waals surface area contributed by atoms with E-state index >= 15 is 0 Å². The third-order valence-electron chi connectivity index (χ3n) is 4.83. The molecule has 0 aromatic heterocycles. The van der Waals surface area contributed by atoms with Crippen molar-refractivity contribution in [2.75, 3.05) is 24.5 Å². The number of hydrogen-bond acceptors (Lipinski definition) is 3. The Bertz CT molecular complexity index is 614. The maximum Gasteiger partial charge on any atom is 0.239 e. The standard InChI is InChI=1S/C18H24FN3O2/c19-15-10-13(11-21-18(24)14-4-2-1-3-5-14)6-7-16(15)22-9-8-20-17(23)12-22/h6-7,10,14H,1-5,8-9,11-12H2,(H,20,23)(H,21,24). The van der Waals surface area contributed by atoms with Gasteiger partial charge in [-0.3, -0.25) is 9.59 Å². The van der Waals surface area contributed by atoms with Gasteiger partial charge >= 0.3 is 0 Å². The van der Waals surface area contributed by atoms with Crippen molar-refractivity contribution in [2.24, 2.45) is 5.92 Å². The lowest BCUT2D eigenvalue weighted by molar-refractivity contribution is -0.126. The van der Waals surface area contributed by atoms with E-state index in [9.17, 15) is 14.0 Å². The molecule has 2 N–H and O–H groups in total. The molecule has 2 fully saturated rings. The summed E-state index contributed by atoms with van der Waals surface area (Å²) >= 11 is 0. The van der Waals surface area contributed by atoms with Gasteiger partial charge in [0, 0.05) is 25.6 Å². The first kappa shape index (κ1) is 16.7. The number of carbonyl (C=O) groups is 2. The molecule has 1 aromatic carbocycles. The van der Waals surface area contributed by atoms with Crippen molar-refractivity contribution >= 4 is 17.5 Å². The molecule has 0 atom stereocenters. The third kappa shape index (κ3) is 4.04. The summed E-state index contributed by atoms with van der Waals surface area (Å²) in [6, 6.07) is 4.95. The van der Waals surface area contributed by atoms with Crippen LogP contribution in [0.4, 0.5) is 10.1 Å². The molecule has 2 aliphatic rings. The smallest absolute Gasteiger partial charge is 0.239 e. The second kappa shape index (κ2) is 7.64. The molecule has 130 valence electrons. The van der Waals surface area contributed by atoms with Gasteiger partial charge in [-0.25, -0.2) is 4.39 Å². The second-order valence-corrected chi connectivity index (χ2v) is 6.61. The monoisotopic (exact) mass is 333 g/mol. The molecule has 6 heteroatoms. The quantitative estimate of drug-likeness (QED) is 0.885. The predicted molar refractivity (Wildman–Crippen MR) is 90.0 cm³/mol. The molecule has 0 bridgehead atoms. The van der Waals surface area contributed by atoms with Crippen LogP contribution in [0, 0.1) is 11.7 Å². The maximum absolute atomic E-state index is 14.4. The number of nitrogens with zero attached hydrogens (tertiary/aromatic N) is 1. The van der Waals surface area contributed by atoms with Gasteiger partial charge in [0.25, 0.3) is 0 Å². The highest BCUT2D eigenvalue weighted by molar-refractivity contribution is 5.82. The molecule has 0 radical (unpaired) electrons. The van der Waals surface area contributed by atoms with E-state index < -0.39 is 0 Å². The fourth-order valence-corrected chi connectivity index (χ4v) is 3.46. The molecule has 24 heavy (non-hydrogen) atoms. The predicted octanol–water partition coefficient (Wildman–Crippen LogP) is 1.96. The van der Waals surface area contributed by atoms with Crippen LogP contribution in [0.3, 0.4) is 0 Å². The van der Waals surface area contributed by atoms with Crippen LogP contribution >= 0.6 is 0 Å². The Labute approximate surface area is 141 Å². The topological polar surface area (TPSA) is 61.4 Å². The SMILES string of the molecule is O=C1CN(c2ccc(CNC(=O)C3CCCCC3)cc2F)CCN1. The van der Waals surface area contributed by atoms with E-state index in [0.29, 0.717) is 25.3 Å². The molecule has 2 amide bonds.